The second-order valence-corrected chi connectivity index (χ2v) is 5.60. The summed E-state index contributed by atoms with van der Waals surface area (Å²) in [5.41, 5.74) is 2.57. The summed E-state index contributed by atoms with van der Waals surface area (Å²) >= 11 is 0. The van der Waals surface area contributed by atoms with Crippen molar-refractivity contribution in [2.75, 3.05) is 13.1 Å². The minimum absolute atomic E-state index is 0.397. The average Bonchev–Trinajstić information content (AvgIpc) is 2.60. The third kappa shape index (κ3) is 8.45. The number of aliphatic hydroxyl groups excluding tert-OH is 1. The van der Waals surface area contributed by atoms with Gasteiger partial charge in [-0.25, -0.2) is 9.59 Å². The normalized spacial score (nSPS) is 14.8. The molecule has 24 heavy (non-hydrogen) atoms. The fourth-order valence-corrected chi connectivity index (χ4v) is 2.41. The Kier molecular flexibility index (Phi) is 9.41. The number of aliphatic hydroxyl groups is 1. The van der Waals surface area contributed by atoms with Gasteiger partial charge >= 0.3 is 11.9 Å². The maximum Gasteiger partial charge on any atom is 0.414 e. The molecule has 0 radical (unpaired) electrons. The Morgan fingerprint density at radius 3 is 2.29 bits per heavy atom. The summed E-state index contributed by atoms with van der Waals surface area (Å²) in [7, 11) is 0. The molecule has 1 atom stereocenters. The quantitative estimate of drug-likeness (QED) is 0.361. The predicted molar refractivity (Wildman–Crippen MR) is 90.7 cm³/mol. The molecule has 1 aliphatic carbocycles. The Morgan fingerprint density at radius 1 is 1.08 bits per heavy atom. The van der Waals surface area contributed by atoms with Crippen LogP contribution in [0.1, 0.15) is 43.8 Å². The molecule has 0 aliphatic heterocycles. The van der Waals surface area contributed by atoms with E-state index in [2.05, 4.69) is 11.4 Å². The fourth-order valence-electron chi connectivity index (χ4n) is 2.41. The molecule has 0 aromatic heterocycles. The minimum Gasteiger partial charge on any atom is -0.473 e. The van der Waals surface area contributed by atoms with Gasteiger partial charge in [-0.15, -0.1) is 0 Å². The molecule has 6 heteroatoms. The largest absolute Gasteiger partial charge is 0.473 e. The van der Waals surface area contributed by atoms with E-state index in [4.69, 9.17) is 19.8 Å². The van der Waals surface area contributed by atoms with E-state index in [1.54, 1.807) is 5.57 Å². The average molecular weight is 335 g/mol. The van der Waals surface area contributed by atoms with Crippen LogP contribution >= 0.6 is 0 Å². The first-order valence-electron chi connectivity index (χ1n) is 8.08. The summed E-state index contributed by atoms with van der Waals surface area (Å²) in [4.78, 5) is 18.2. The first-order valence-corrected chi connectivity index (χ1v) is 8.08. The highest BCUT2D eigenvalue weighted by Gasteiger charge is 2.07. The smallest absolute Gasteiger partial charge is 0.414 e. The Labute approximate surface area is 141 Å². The van der Waals surface area contributed by atoms with Gasteiger partial charge in [0.1, 0.15) is 0 Å². The molecule has 0 bridgehead atoms. The van der Waals surface area contributed by atoms with Gasteiger partial charge < -0.3 is 20.6 Å². The van der Waals surface area contributed by atoms with Crippen LogP contribution in [0.15, 0.2) is 42.0 Å². The molecule has 1 aromatic rings. The van der Waals surface area contributed by atoms with E-state index in [0.717, 1.165) is 18.5 Å². The molecule has 132 valence electrons. The highest BCUT2D eigenvalue weighted by atomic mass is 16.4. The number of carboxylic acids is 2. The zero-order chi connectivity index (χ0) is 17.8. The summed E-state index contributed by atoms with van der Waals surface area (Å²) in [6.45, 7) is 1.60. The molecule has 1 aliphatic rings. The molecule has 0 saturated heterocycles. The molecule has 4 N–H and O–H groups in total. The highest BCUT2D eigenvalue weighted by Crippen LogP contribution is 2.19. The van der Waals surface area contributed by atoms with Crippen LogP contribution in [0.4, 0.5) is 0 Å². The van der Waals surface area contributed by atoms with Gasteiger partial charge in [0.2, 0.25) is 0 Å². The highest BCUT2D eigenvalue weighted by molar-refractivity contribution is 6.27. The van der Waals surface area contributed by atoms with Gasteiger partial charge in [-0.3, -0.25) is 0 Å². The molecule has 0 amide bonds. The molecule has 0 spiro atoms. The van der Waals surface area contributed by atoms with Crippen molar-refractivity contribution in [2.45, 2.75) is 38.2 Å². The predicted octanol–water partition coefficient (Wildman–Crippen LogP) is 2.36. The van der Waals surface area contributed by atoms with Gasteiger partial charge in [-0.1, -0.05) is 42.0 Å². The van der Waals surface area contributed by atoms with E-state index in [0.29, 0.717) is 6.54 Å². The molecule has 6 nitrogen and oxygen atoms in total. The zero-order valence-corrected chi connectivity index (χ0v) is 13.6. The van der Waals surface area contributed by atoms with Crippen LogP contribution in [0, 0.1) is 0 Å². The summed E-state index contributed by atoms with van der Waals surface area (Å²) in [6.07, 6.45) is 8.33. The van der Waals surface area contributed by atoms with Crippen LogP contribution in [0.3, 0.4) is 0 Å². The van der Waals surface area contributed by atoms with Crippen LogP contribution in [-0.2, 0) is 9.59 Å². The summed E-state index contributed by atoms with van der Waals surface area (Å²) < 4.78 is 0. The Morgan fingerprint density at radius 2 is 1.75 bits per heavy atom. The molecule has 0 fully saturated rings. The Hall–Kier alpha value is -2.18. The number of allylic oxidation sites excluding steroid dienone is 1. The molecule has 1 aromatic carbocycles. The molecule has 2 rings (SSSR count). The second kappa shape index (κ2) is 11.4. The number of carboxylic acid groups (broad SMARTS) is 2. The van der Waals surface area contributed by atoms with Gasteiger partial charge in [-0.05, 0) is 44.2 Å². The van der Waals surface area contributed by atoms with Crippen LogP contribution < -0.4 is 5.32 Å². The van der Waals surface area contributed by atoms with E-state index in [1.165, 1.54) is 25.7 Å². The van der Waals surface area contributed by atoms with Crippen molar-refractivity contribution in [3.63, 3.8) is 0 Å². The van der Waals surface area contributed by atoms with Crippen molar-refractivity contribution in [3.8, 4) is 0 Å². The lowest BCUT2D eigenvalue weighted by Crippen LogP contribution is -2.23. The molecule has 1 unspecified atom stereocenters. The molecular formula is C18H25NO5. The van der Waals surface area contributed by atoms with Gasteiger partial charge in [0, 0.05) is 6.54 Å². The van der Waals surface area contributed by atoms with Gasteiger partial charge in [0.15, 0.2) is 0 Å². The summed E-state index contributed by atoms with van der Waals surface area (Å²) in [6, 6.07) is 9.84. The lowest BCUT2D eigenvalue weighted by atomic mass is 9.97. The first-order chi connectivity index (χ1) is 11.5. The molecular weight excluding hydrogens is 310 g/mol. The van der Waals surface area contributed by atoms with Crippen LogP contribution in [0.2, 0.25) is 0 Å². The molecule has 0 heterocycles. The van der Waals surface area contributed by atoms with Crippen LogP contribution in [0.5, 0.6) is 0 Å². The first kappa shape index (κ1) is 19.9. The monoisotopic (exact) mass is 335 g/mol. The lowest BCUT2D eigenvalue weighted by molar-refractivity contribution is -0.159. The minimum atomic E-state index is -1.82. The van der Waals surface area contributed by atoms with E-state index in [9.17, 15) is 5.11 Å². The SMILES string of the molecule is O=C(O)C(=O)O.OC(CNCCC1=CCCCC1)c1ccccc1. The van der Waals surface area contributed by atoms with Crippen molar-refractivity contribution in [2.24, 2.45) is 0 Å². The zero-order valence-electron chi connectivity index (χ0n) is 13.6. The maximum absolute atomic E-state index is 9.98. The van der Waals surface area contributed by atoms with Crippen LogP contribution in [-0.4, -0.2) is 40.3 Å². The van der Waals surface area contributed by atoms with E-state index in [1.807, 2.05) is 30.3 Å². The number of aliphatic carboxylic acids is 2. The number of benzene rings is 1. The number of carbonyl (C=O) groups is 2. The second-order valence-electron chi connectivity index (χ2n) is 5.60. The van der Waals surface area contributed by atoms with Crippen LogP contribution in [0.25, 0.3) is 0 Å². The van der Waals surface area contributed by atoms with Crippen molar-refractivity contribution in [1.29, 1.82) is 0 Å². The Bertz CT molecular complexity index is 530. The maximum atomic E-state index is 9.98. The number of hydrogen-bond donors (Lipinski definition) is 4. The topological polar surface area (TPSA) is 107 Å². The number of rotatable bonds is 6. The molecule has 0 saturated carbocycles. The van der Waals surface area contributed by atoms with Crippen molar-refractivity contribution in [3.05, 3.63) is 47.5 Å². The van der Waals surface area contributed by atoms with Crippen molar-refractivity contribution in [1.82, 2.24) is 5.32 Å². The van der Waals surface area contributed by atoms with Gasteiger partial charge in [0.25, 0.3) is 0 Å². The summed E-state index contributed by atoms with van der Waals surface area (Å²) in [5, 5.41) is 28.1. The fraction of sp³-hybridized carbons (Fsp3) is 0.444. The number of nitrogens with one attached hydrogen (secondary N) is 1. The Balaban J connectivity index is 0.000000413. The summed E-state index contributed by atoms with van der Waals surface area (Å²) in [5.74, 6) is -3.65. The standard InChI is InChI=1S/C16H23NO.C2H2O4/c18-16(15-9-5-2-6-10-15)13-17-12-11-14-7-3-1-4-8-14;3-1(4)2(5)6/h2,5-7,9-10,16-18H,1,3-4,8,11-13H2;(H,3,4)(H,5,6). The van der Waals surface area contributed by atoms with Crippen molar-refractivity contribution < 1.29 is 24.9 Å². The number of hydrogen-bond acceptors (Lipinski definition) is 4. The van der Waals surface area contributed by atoms with Crippen molar-refractivity contribution >= 4 is 11.9 Å². The lowest BCUT2D eigenvalue weighted by Gasteiger charge is -2.15. The van der Waals surface area contributed by atoms with Gasteiger partial charge in [-0.2, -0.15) is 0 Å². The van der Waals surface area contributed by atoms with E-state index >= 15 is 0 Å². The van der Waals surface area contributed by atoms with Gasteiger partial charge in [0.05, 0.1) is 6.10 Å². The van der Waals surface area contributed by atoms with E-state index < -0.39 is 18.0 Å². The van der Waals surface area contributed by atoms with E-state index in [-0.39, 0.29) is 0 Å². The third-order valence-electron chi connectivity index (χ3n) is 3.71. The third-order valence-corrected chi connectivity index (χ3v) is 3.71.